The number of fused-ring (bicyclic) bond motifs is 3. The standard InChI is InChI=1S/C17H19N3OS/c1-10-2-4-14-12(8-10)13-9-11(3-5-15(13)19-14)16(21)20-17-18-6-7-22-17/h3,5,9-10,19H,2,4,6-8H2,1H3,(H,18,20,21). The molecule has 4 rings (SSSR count). The molecule has 2 heterocycles. The third-order valence-corrected chi connectivity index (χ3v) is 5.39. The Morgan fingerprint density at radius 1 is 1.45 bits per heavy atom. The maximum Gasteiger partial charge on any atom is 0.257 e. The topological polar surface area (TPSA) is 57.2 Å². The van der Waals surface area contributed by atoms with Gasteiger partial charge in [0.15, 0.2) is 5.17 Å². The van der Waals surface area contributed by atoms with Crippen molar-refractivity contribution >= 4 is 33.7 Å². The van der Waals surface area contributed by atoms with Gasteiger partial charge in [-0.25, -0.2) is 0 Å². The van der Waals surface area contributed by atoms with Crippen LogP contribution in [0.15, 0.2) is 23.2 Å². The Hall–Kier alpha value is -1.75. The summed E-state index contributed by atoms with van der Waals surface area (Å²) in [5, 5.41) is 4.85. The monoisotopic (exact) mass is 313 g/mol. The van der Waals surface area contributed by atoms with Crippen LogP contribution in [0.2, 0.25) is 0 Å². The summed E-state index contributed by atoms with van der Waals surface area (Å²) in [6, 6.07) is 5.94. The van der Waals surface area contributed by atoms with Crippen LogP contribution in [0, 0.1) is 5.92 Å². The molecule has 0 spiro atoms. The number of carbonyl (C=O) groups is 1. The lowest BCUT2D eigenvalue weighted by Gasteiger charge is -2.18. The van der Waals surface area contributed by atoms with Gasteiger partial charge in [-0.2, -0.15) is 0 Å². The Balaban J connectivity index is 1.67. The first-order valence-corrected chi connectivity index (χ1v) is 8.81. The van der Waals surface area contributed by atoms with E-state index in [1.165, 1.54) is 23.1 Å². The van der Waals surface area contributed by atoms with Gasteiger partial charge in [-0.15, -0.1) is 0 Å². The van der Waals surface area contributed by atoms with E-state index in [9.17, 15) is 4.79 Å². The molecule has 114 valence electrons. The predicted octanol–water partition coefficient (Wildman–Crippen LogP) is 3.13. The number of rotatable bonds is 1. The first-order chi connectivity index (χ1) is 10.7. The van der Waals surface area contributed by atoms with Gasteiger partial charge >= 0.3 is 0 Å². The number of aromatic nitrogens is 1. The van der Waals surface area contributed by atoms with Crippen LogP contribution in [0.3, 0.4) is 0 Å². The van der Waals surface area contributed by atoms with E-state index in [2.05, 4.69) is 22.2 Å². The van der Waals surface area contributed by atoms with E-state index in [1.807, 2.05) is 18.2 Å². The van der Waals surface area contributed by atoms with Crippen molar-refractivity contribution in [3.05, 3.63) is 35.0 Å². The maximum atomic E-state index is 12.4. The van der Waals surface area contributed by atoms with Crippen LogP contribution >= 0.6 is 11.8 Å². The summed E-state index contributed by atoms with van der Waals surface area (Å²) in [7, 11) is 0. The average molecular weight is 313 g/mol. The van der Waals surface area contributed by atoms with Crippen LogP contribution in [0.1, 0.15) is 35.0 Å². The number of hydrogen-bond donors (Lipinski definition) is 2. The molecule has 2 aromatic rings. The minimum Gasteiger partial charge on any atom is -0.358 e. The Bertz CT molecular complexity index is 778. The fourth-order valence-corrected chi connectivity index (χ4v) is 4.04. The Kier molecular flexibility index (Phi) is 3.45. The van der Waals surface area contributed by atoms with Crippen molar-refractivity contribution in [1.82, 2.24) is 10.3 Å². The molecule has 1 atom stereocenters. The number of benzene rings is 1. The normalized spacial score (nSPS) is 20.8. The van der Waals surface area contributed by atoms with Crippen molar-refractivity contribution in [2.75, 3.05) is 12.3 Å². The highest BCUT2D eigenvalue weighted by Crippen LogP contribution is 2.32. The van der Waals surface area contributed by atoms with Gasteiger partial charge in [0.25, 0.3) is 5.91 Å². The summed E-state index contributed by atoms with van der Waals surface area (Å²) in [5.41, 5.74) is 4.60. The van der Waals surface area contributed by atoms with E-state index in [4.69, 9.17) is 0 Å². The fraction of sp³-hybridized carbons (Fsp3) is 0.412. The van der Waals surface area contributed by atoms with E-state index >= 15 is 0 Å². The summed E-state index contributed by atoms with van der Waals surface area (Å²) >= 11 is 1.61. The summed E-state index contributed by atoms with van der Waals surface area (Å²) < 4.78 is 0. The van der Waals surface area contributed by atoms with Gasteiger partial charge in [0.05, 0.1) is 6.54 Å². The van der Waals surface area contributed by atoms with Gasteiger partial charge in [-0.3, -0.25) is 9.79 Å². The quantitative estimate of drug-likeness (QED) is 0.850. The number of hydrogen-bond acceptors (Lipinski definition) is 3. The molecule has 22 heavy (non-hydrogen) atoms. The van der Waals surface area contributed by atoms with E-state index in [1.54, 1.807) is 11.8 Å². The molecule has 1 aromatic carbocycles. The number of amides is 1. The molecule has 0 radical (unpaired) electrons. The lowest BCUT2D eigenvalue weighted by atomic mass is 9.87. The minimum atomic E-state index is -0.0612. The van der Waals surface area contributed by atoms with Crippen molar-refractivity contribution in [2.24, 2.45) is 10.9 Å². The second-order valence-corrected chi connectivity index (χ2v) is 7.26. The van der Waals surface area contributed by atoms with Crippen LogP contribution in [-0.4, -0.2) is 28.4 Å². The Labute approximate surface area is 133 Å². The van der Waals surface area contributed by atoms with E-state index in [0.29, 0.717) is 11.5 Å². The Morgan fingerprint density at radius 3 is 3.18 bits per heavy atom. The molecule has 1 aromatic heterocycles. The first-order valence-electron chi connectivity index (χ1n) is 7.83. The van der Waals surface area contributed by atoms with Gasteiger partial charge in [0.2, 0.25) is 0 Å². The smallest absolute Gasteiger partial charge is 0.257 e. The zero-order valence-corrected chi connectivity index (χ0v) is 13.4. The van der Waals surface area contributed by atoms with Gasteiger partial charge < -0.3 is 10.3 Å². The van der Waals surface area contributed by atoms with Crippen LogP contribution in [-0.2, 0) is 12.8 Å². The lowest BCUT2D eigenvalue weighted by molar-refractivity contribution is 0.0978. The molecule has 2 N–H and O–H groups in total. The molecule has 0 saturated carbocycles. The third kappa shape index (κ3) is 2.43. The number of carbonyl (C=O) groups excluding carboxylic acids is 1. The average Bonchev–Trinajstić information content (AvgIpc) is 3.14. The van der Waals surface area contributed by atoms with Gasteiger partial charge in [0, 0.05) is 27.9 Å². The molecule has 4 nitrogen and oxygen atoms in total. The number of nitrogens with one attached hydrogen (secondary N) is 2. The molecule has 0 bridgehead atoms. The fourth-order valence-electron chi connectivity index (χ4n) is 3.31. The minimum absolute atomic E-state index is 0.0612. The van der Waals surface area contributed by atoms with Gasteiger partial charge in [-0.1, -0.05) is 18.7 Å². The van der Waals surface area contributed by atoms with E-state index in [0.717, 1.165) is 35.8 Å². The van der Waals surface area contributed by atoms with Crippen molar-refractivity contribution in [3.8, 4) is 0 Å². The Morgan fingerprint density at radius 2 is 2.36 bits per heavy atom. The predicted molar refractivity (Wildman–Crippen MR) is 91.7 cm³/mol. The number of H-pyrrole nitrogens is 1. The highest BCUT2D eigenvalue weighted by molar-refractivity contribution is 8.14. The molecule has 1 unspecified atom stereocenters. The number of nitrogens with zero attached hydrogens (tertiary/aromatic N) is 1. The molecule has 1 aliphatic heterocycles. The first kappa shape index (κ1) is 13.9. The zero-order chi connectivity index (χ0) is 15.1. The zero-order valence-electron chi connectivity index (χ0n) is 12.6. The SMILES string of the molecule is CC1CCc2[nH]c3ccc(C(=O)NC4=NCCS4)cc3c2C1. The van der Waals surface area contributed by atoms with Gasteiger partial charge in [-0.05, 0) is 48.9 Å². The van der Waals surface area contributed by atoms with Crippen molar-refractivity contribution < 1.29 is 4.79 Å². The number of thioether (sulfide) groups is 1. The van der Waals surface area contributed by atoms with Gasteiger partial charge in [0.1, 0.15) is 0 Å². The largest absolute Gasteiger partial charge is 0.358 e. The van der Waals surface area contributed by atoms with Crippen LogP contribution in [0.4, 0.5) is 0 Å². The van der Waals surface area contributed by atoms with Crippen molar-refractivity contribution in [2.45, 2.75) is 26.2 Å². The summed E-state index contributed by atoms with van der Waals surface area (Å²) in [6.45, 7) is 3.09. The molecular weight excluding hydrogens is 294 g/mol. The van der Waals surface area contributed by atoms with Crippen LogP contribution in [0.25, 0.3) is 10.9 Å². The molecule has 0 fully saturated rings. The molecule has 1 amide bonds. The second-order valence-electron chi connectivity index (χ2n) is 6.18. The molecule has 1 aliphatic carbocycles. The summed E-state index contributed by atoms with van der Waals surface area (Å²) in [6.07, 6.45) is 3.45. The highest BCUT2D eigenvalue weighted by Gasteiger charge is 2.21. The summed E-state index contributed by atoms with van der Waals surface area (Å²) in [5.74, 6) is 1.61. The van der Waals surface area contributed by atoms with Crippen molar-refractivity contribution in [1.29, 1.82) is 0 Å². The third-order valence-electron chi connectivity index (χ3n) is 4.50. The summed E-state index contributed by atoms with van der Waals surface area (Å²) in [4.78, 5) is 20.2. The molecular formula is C17H19N3OS. The van der Waals surface area contributed by atoms with Crippen LogP contribution in [0.5, 0.6) is 0 Å². The lowest BCUT2D eigenvalue weighted by Crippen LogP contribution is -2.27. The number of aryl methyl sites for hydroxylation is 1. The molecule has 0 saturated heterocycles. The second kappa shape index (κ2) is 5.47. The molecule has 5 heteroatoms. The number of aliphatic imine (C=N–C) groups is 1. The maximum absolute atomic E-state index is 12.4. The van der Waals surface area contributed by atoms with Crippen LogP contribution < -0.4 is 5.32 Å². The number of aromatic amines is 1. The number of amidine groups is 1. The highest BCUT2D eigenvalue weighted by atomic mass is 32.2. The van der Waals surface area contributed by atoms with E-state index in [-0.39, 0.29) is 5.91 Å². The van der Waals surface area contributed by atoms with Crippen molar-refractivity contribution in [3.63, 3.8) is 0 Å². The molecule has 2 aliphatic rings. The van der Waals surface area contributed by atoms with E-state index < -0.39 is 0 Å².